The summed E-state index contributed by atoms with van der Waals surface area (Å²) in [5.74, 6) is 0.953. The predicted octanol–water partition coefficient (Wildman–Crippen LogP) is -0.0912. The molecule has 0 bridgehead atoms. The molecule has 0 aliphatic rings. The Morgan fingerprint density at radius 1 is 1.31 bits per heavy atom. The number of nitrogens with two attached hydrogens (primary N) is 1. The Labute approximate surface area is 91.3 Å². The van der Waals surface area contributed by atoms with E-state index in [4.69, 9.17) is 15.4 Å². The Hall–Kier alpha value is -1.86. The highest BCUT2D eigenvalue weighted by molar-refractivity contribution is 5.40. The molecule has 2 heterocycles. The average Bonchev–Trinajstić information content (AvgIpc) is 2.80. The molecule has 1 atom stereocenters. The summed E-state index contributed by atoms with van der Waals surface area (Å²) < 4.78 is 4.96. The summed E-state index contributed by atoms with van der Waals surface area (Å²) >= 11 is 0. The van der Waals surface area contributed by atoms with Crippen LogP contribution in [0.4, 0.5) is 0 Å². The molecule has 0 saturated carbocycles. The molecule has 0 amide bonds. The monoisotopic (exact) mass is 221 g/mol. The minimum atomic E-state index is -0.463. The first-order valence-corrected chi connectivity index (χ1v) is 4.78. The fourth-order valence-corrected chi connectivity index (χ4v) is 1.15. The first kappa shape index (κ1) is 10.7. The van der Waals surface area contributed by atoms with E-state index in [0.29, 0.717) is 18.1 Å². The lowest BCUT2D eigenvalue weighted by Crippen LogP contribution is -2.12. The lowest BCUT2D eigenvalue weighted by Gasteiger charge is -2.01. The van der Waals surface area contributed by atoms with Gasteiger partial charge in [-0.25, -0.2) is 9.97 Å². The topological polar surface area (TPSA) is 111 Å². The van der Waals surface area contributed by atoms with Gasteiger partial charge in [-0.15, -0.1) is 0 Å². The van der Waals surface area contributed by atoms with Crippen molar-refractivity contribution < 1.29 is 9.63 Å². The molecule has 7 nitrogen and oxygen atoms in total. The highest BCUT2D eigenvalue weighted by Crippen LogP contribution is 2.15. The van der Waals surface area contributed by atoms with Crippen LogP contribution in [-0.4, -0.2) is 31.8 Å². The van der Waals surface area contributed by atoms with Crippen LogP contribution in [0.25, 0.3) is 11.6 Å². The molecule has 16 heavy (non-hydrogen) atoms. The van der Waals surface area contributed by atoms with Crippen LogP contribution in [-0.2, 0) is 0 Å². The zero-order valence-corrected chi connectivity index (χ0v) is 8.45. The molecular formula is C9H11N5O2. The fourth-order valence-electron chi connectivity index (χ4n) is 1.15. The van der Waals surface area contributed by atoms with Gasteiger partial charge in [0.25, 0.3) is 0 Å². The fraction of sp³-hybridized carbons (Fsp3) is 0.333. The van der Waals surface area contributed by atoms with Gasteiger partial charge in [0.15, 0.2) is 0 Å². The molecule has 2 aromatic heterocycles. The van der Waals surface area contributed by atoms with Crippen LogP contribution in [0.1, 0.15) is 18.4 Å². The maximum Gasteiger partial charge on any atom is 0.244 e. The number of hydrogen-bond acceptors (Lipinski definition) is 7. The summed E-state index contributed by atoms with van der Waals surface area (Å²) in [7, 11) is 0. The smallest absolute Gasteiger partial charge is 0.244 e. The van der Waals surface area contributed by atoms with Crippen molar-refractivity contribution in [1.29, 1.82) is 0 Å². The van der Waals surface area contributed by atoms with E-state index in [9.17, 15) is 0 Å². The molecule has 7 heteroatoms. The van der Waals surface area contributed by atoms with Gasteiger partial charge in [0, 0.05) is 19.0 Å². The standard InChI is InChI=1S/C9H11N5O2/c10-6(2-5-15)9-13-8(14-16-9)7-11-3-1-4-12-7/h1,3-4,6,15H,2,5,10H2. The Kier molecular flexibility index (Phi) is 3.18. The van der Waals surface area contributed by atoms with Gasteiger partial charge in [0.1, 0.15) is 0 Å². The zero-order valence-electron chi connectivity index (χ0n) is 8.45. The number of aliphatic hydroxyl groups is 1. The largest absolute Gasteiger partial charge is 0.396 e. The lowest BCUT2D eigenvalue weighted by atomic mass is 10.2. The second-order valence-electron chi connectivity index (χ2n) is 3.15. The predicted molar refractivity (Wildman–Crippen MR) is 54.0 cm³/mol. The summed E-state index contributed by atoms with van der Waals surface area (Å²) in [6.45, 7) is -0.0271. The van der Waals surface area contributed by atoms with Crippen LogP contribution < -0.4 is 5.73 Å². The molecule has 0 aliphatic heterocycles. The van der Waals surface area contributed by atoms with Crippen LogP contribution in [0.15, 0.2) is 23.0 Å². The van der Waals surface area contributed by atoms with Gasteiger partial charge >= 0.3 is 0 Å². The van der Waals surface area contributed by atoms with E-state index < -0.39 is 6.04 Å². The molecule has 0 spiro atoms. The minimum absolute atomic E-state index is 0.0271. The van der Waals surface area contributed by atoms with Crippen LogP contribution in [0.2, 0.25) is 0 Å². The van der Waals surface area contributed by atoms with E-state index >= 15 is 0 Å². The zero-order chi connectivity index (χ0) is 11.4. The minimum Gasteiger partial charge on any atom is -0.396 e. The van der Waals surface area contributed by atoms with Crippen molar-refractivity contribution in [3.05, 3.63) is 24.4 Å². The summed E-state index contributed by atoms with van der Waals surface area (Å²) in [4.78, 5) is 12.0. The van der Waals surface area contributed by atoms with Crippen molar-refractivity contribution in [1.82, 2.24) is 20.1 Å². The molecular weight excluding hydrogens is 210 g/mol. The molecule has 0 radical (unpaired) electrons. The summed E-state index contributed by atoms with van der Waals surface area (Å²) in [6, 6.07) is 1.23. The second kappa shape index (κ2) is 4.77. The van der Waals surface area contributed by atoms with Crippen molar-refractivity contribution in [3.63, 3.8) is 0 Å². The molecule has 0 fully saturated rings. The lowest BCUT2D eigenvalue weighted by molar-refractivity contribution is 0.259. The van der Waals surface area contributed by atoms with E-state index in [1.54, 1.807) is 18.5 Å². The number of aromatic nitrogens is 4. The number of nitrogens with zero attached hydrogens (tertiary/aromatic N) is 4. The van der Waals surface area contributed by atoms with Crippen molar-refractivity contribution in [2.45, 2.75) is 12.5 Å². The van der Waals surface area contributed by atoms with Crippen LogP contribution in [0.5, 0.6) is 0 Å². The maximum absolute atomic E-state index is 8.73. The number of rotatable bonds is 4. The highest BCUT2D eigenvalue weighted by Gasteiger charge is 2.16. The second-order valence-corrected chi connectivity index (χ2v) is 3.15. The van der Waals surface area contributed by atoms with E-state index in [-0.39, 0.29) is 12.5 Å². The third-order valence-electron chi connectivity index (χ3n) is 1.96. The Morgan fingerprint density at radius 2 is 2.06 bits per heavy atom. The van der Waals surface area contributed by atoms with Gasteiger partial charge in [-0.3, -0.25) is 0 Å². The summed E-state index contributed by atoms with van der Waals surface area (Å²) in [5, 5.41) is 12.4. The normalized spacial score (nSPS) is 12.6. The number of aliphatic hydroxyl groups excluding tert-OH is 1. The molecule has 2 aromatic rings. The van der Waals surface area contributed by atoms with Crippen molar-refractivity contribution in [2.24, 2.45) is 5.73 Å². The SMILES string of the molecule is NC(CCO)c1nc(-c2ncccn2)no1. The van der Waals surface area contributed by atoms with Crippen LogP contribution >= 0.6 is 0 Å². The van der Waals surface area contributed by atoms with Gasteiger partial charge in [0.05, 0.1) is 6.04 Å². The molecule has 84 valence electrons. The summed E-state index contributed by atoms with van der Waals surface area (Å²) in [5.41, 5.74) is 5.70. The first-order valence-electron chi connectivity index (χ1n) is 4.78. The van der Waals surface area contributed by atoms with Gasteiger partial charge in [0.2, 0.25) is 17.5 Å². The summed E-state index contributed by atoms with van der Waals surface area (Å²) in [6.07, 6.45) is 3.55. The van der Waals surface area contributed by atoms with Gasteiger partial charge in [-0.05, 0) is 12.5 Å². The number of hydrogen-bond donors (Lipinski definition) is 2. The molecule has 0 aromatic carbocycles. The van der Waals surface area contributed by atoms with E-state index in [0.717, 1.165) is 0 Å². The van der Waals surface area contributed by atoms with Gasteiger partial charge < -0.3 is 15.4 Å². The van der Waals surface area contributed by atoms with Crippen molar-refractivity contribution in [2.75, 3.05) is 6.61 Å². The molecule has 0 aliphatic carbocycles. The maximum atomic E-state index is 8.73. The molecule has 1 unspecified atom stereocenters. The highest BCUT2D eigenvalue weighted by atomic mass is 16.5. The average molecular weight is 221 g/mol. The van der Waals surface area contributed by atoms with Crippen molar-refractivity contribution >= 4 is 0 Å². The third-order valence-corrected chi connectivity index (χ3v) is 1.96. The molecule has 2 rings (SSSR count). The quantitative estimate of drug-likeness (QED) is 0.741. The third kappa shape index (κ3) is 2.20. The van der Waals surface area contributed by atoms with Crippen molar-refractivity contribution in [3.8, 4) is 11.6 Å². The van der Waals surface area contributed by atoms with Crippen LogP contribution in [0.3, 0.4) is 0 Å². The van der Waals surface area contributed by atoms with E-state index in [1.807, 2.05) is 0 Å². The Balaban J connectivity index is 2.20. The Morgan fingerprint density at radius 3 is 2.75 bits per heavy atom. The first-order chi connectivity index (χ1) is 7.81. The van der Waals surface area contributed by atoms with Crippen LogP contribution in [0, 0.1) is 0 Å². The van der Waals surface area contributed by atoms with E-state index in [2.05, 4.69) is 20.1 Å². The van der Waals surface area contributed by atoms with Gasteiger partial charge in [-0.1, -0.05) is 5.16 Å². The Bertz CT molecular complexity index is 444. The molecule has 0 saturated heterocycles. The molecule has 3 N–H and O–H groups in total. The van der Waals surface area contributed by atoms with Gasteiger partial charge in [-0.2, -0.15) is 4.98 Å². The van der Waals surface area contributed by atoms with E-state index in [1.165, 1.54) is 0 Å².